The van der Waals surface area contributed by atoms with E-state index in [-0.39, 0.29) is 5.84 Å². The van der Waals surface area contributed by atoms with Crippen LogP contribution in [0, 0.1) is 0 Å². The van der Waals surface area contributed by atoms with Gasteiger partial charge in [-0.1, -0.05) is 29.4 Å². The Morgan fingerprint density at radius 1 is 1.14 bits per heavy atom. The van der Waals surface area contributed by atoms with Crippen molar-refractivity contribution in [2.24, 2.45) is 10.9 Å². The summed E-state index contributed by atoms with van der Waals surface area (Å²) in [6.45, 7) is 0.728. The van der Waals surface area contributed by atoms with Crippen LogP contribution in [0.25, 0.3) is 10.1 Å². The van der Waals surface area contributed by atoms with Crippen LogP contribution in [-0.2, 0) is 6.54 Å². The average molecular weight is 297 g/mol. The largest absolute Gasteiger partial charge is 0.409 e. The van der Waals surface area contributed by atoms with E-state index < -0.39 is 0 Å². The molecule has 0 bridgehead atoms. The third kappa shape index (κ3) is 2.98. The molecule has 3 rings (SSSR count). The number of nitrogens with two attached hydrogens (primary N) is 1. The van der Waals surface area contributed by atoms with E-state index in [4.69, 9.17) is 10.9 Å². The van der Waals surface area contributed by atoms with E-state index in [2.05, 4.69) is 40.1 Å². The fourth-order valence-corrected chi connectivity index (χ4v) is 2.90. The number of nitrogens with zero attached hydrogens (tertiary/aromatic N) is 1. The molecular weight excluding hydrogens is 282 g/mol. The molecule has 0 unspecified atom stereocenters. The van der Waals surface area contributed by atoms with Crippen LogP contribution in [0.3, 0.4) is 0 Å². The lowest BCUT2D eigenvalue weighted by Crippen LogP contribution is -2.12. The summed E-state index contributed by atoms with van der Waals surface area (Å²) in [7, 11) is 0. The molecule has 4 nitrogen and oxygen atoms in total. The molecule has 1 aromatic heterocycles. The lowest BCUT2D eigenvalue weighted by Gasteiger charge is -2.07. The molecule has 0 saturated heterocycles. The van der Waals surface area contributed by atoms with Crippen molar-refractivity contribution in [3.8, 4) is 0 Å². The van der Waals surface area contributed by atoms with Crippen molar-refractivity contribution < 1.29 is 5.21 Å². The van der Waals surface area contributed by atoms with Crippen molar-refractivity contribution in [2.75, 3.05) is 5.32 Å². The Morgan fingerprint density at radius 2 is 1.95 bits per heavy atom. The minimum atomic E-state index is 0.123. The van der Waals surface area contributed by atoms with Gasteiger partial charge in [-0.3, -0.25) is 0 Å². The molecule has 4 N–H and O–H groups in total. The molecule has 0 amide bonds. The zero-order valence-electron chi connectivity index (χ0n) is 11.3. The monoisotopic (exact) mass is 297 g/mol. The van der Waals surface area contributed by atoms with Gasteiger partial charge in [0.25, 0.3) is 0 Å². The Labute approximate surface area is 126 Å². The zero-order valence-corrected chi connectivity index (χ0v) is 12.1. The van der Waals surface area contributed by atoms with Gasteiger partial charge in [0, 0.05) is 22.5 Å². The molecule has 3 aromatic rings. The van der Waals surface area contributed by atoms with Crippen LogP contribution in [0.2, 0.25) is 0 Å². The van der Waals surface area contributed by atoms with Gasteiger partial charge in [0.15, 0.2) is 5.84 Å². The van der Waals surface area contributed by atoms with Crippen molar-refractivity contribution in [1.82, 2.24) is 0 Å². The van der Waals surface area contributed by atoms with Crippen molar-refractivity contribution in [1.29, 1.82) is 0 Å². The molecule has 0 radical (unpaired) electrons. The maximum Gasteiger partial charge on any atom is 0.170 e. The van der Waals surface area contributed by atoms with E-state index in [1.165, 1.54) is 10.1 Å². The Bertz CT molecular complexity index is 778. The molecule has 0 atom stereocenters. The van der Waals surface area contributed by atoms with Gasteiger partial charge in [0.2, 0.25) is 0 Å². The Hall–Kier alpha value is -2.53. The number of benzene rings is 2. The summed E-state index contributed by atoms with van der Waals surface area (Å²) in [4.78, 5) is 0. The number of rotatable bonds is 4. The number of nitrogens with one attached hydrogen (secondary N) is 1. The first kappa shape index (κ1) is 13.5. The number of hydrogen-bond acceptors (Lipinski definition) is 4. The fourth-order valence-electron chi connectivity index (χ4n) is 2.13. The predicted octanol–water partition coefficient (Wildman–Crippen LogP) is 3.61. The van der Waals surface area contributed by atoms with E-state index in [0.29, 0.717) is 5.56 Å². The second-order valence-electron chi connectivity index (χ2n) is 4.71. The first-order valence-electron chi connectivity index (χ1n) is 6.54. The lowest BCUT2D eigenvalue weighted by atomic mass is 10.1. The number of amidine groups is 1. The molecule has 0 saturated carbocycles. The van der Waals surface area contributed by atoms with E-state index in [0.717, 1.165) is 17.8 Å². The van der Waals surface area contributed by atoms with Crippen LogP contribution >= 0.6 is 11.3 Å². The summed E-state index contributed by atoms with van der Waals surface area (Å²) in [6.07, 6.45) is 0. The molecular formula is C16H15N3OS. The van der Waals surface area contributed by atoms with Crippen molar-refractivity contribution in [2.45, 2.75) is 6.54 Å². The topological polar surface area (TPSA) is 70.6 Å². The van der Waals surface area contributed by atoms with E-state index in [1.807, 2.05) is 24.3 Å². The molecule has 0 fully saturated rings. The third-order valence-corrected chi connectivity index (χ3v) is 4.20. The van der Waals surface area contributed by atoms with E-state index >= 15 is 0 Å². The normalized spacial score (nSPS) is 11.7. The van der Waals surface area contributed by atoms with Crippen molar-refractivity contribution in [3.05, 3.63) is 65.0 Å². The summed E-state index contributed by atoms with van der Waals surface area (Å²) in [6, 6.07) is 16.1. The van der Waals surface area contributed by atoms with Gasteiger partial charge in [-0.15, -0.1) is 11.3 Å². The minimum Gasteiger partial charge on any atom is -0.409 e. The van der Waals surface area contributed by atoms with Gasteiger partial charge in [-0.05, 0) is 40.6 Å². The summed E-state index contributed by atoms with van der Waals surface area (Å²) < 4.78 is 1.30. The number of hydrogen-bond donors (Lipinski definition) is 3. The van der Waals surface area contributed by atoms with Gasteiger partial charge in [-0.25, -0.2) is 0 Å². The van der Waals surface area contributed by atoms with Gasteiger partial charge >= 0.3 is 0 Å². The van der Waals surface area contributed by atoms with Crippen LogP contribution in [0.5, 0.6) is 0 Å². The molecule has 0 aliphatic heterocycles. The van der Waals surface area contributed by atoms with Crippen molar-refractivity contribution >= 4 is 32.9 Å². The summed E-state index contributed by atoms with van der Waals surface area (Å²) in [5.74, 6) is 0.123. The first-order chi connectivity index (χ1) is 10.3. The molecule has 21 heavy (non-hydrogen) atoms. The van der Waals surface area contributed by atoms with Crippen LogP contribution in [0.15, 0.2) is 59.1 Å². The fraction of sp³-hybridized carbons (Fsp3) is 0.0625. The molecule has 1 heterocycles. The summed E-state index contributed by atoms with van der Waals surface area (Å²) in [5, 5.41) is 18.4. The van der Waals surface area contributed by atoms with Gasteiger partial charge in [0.1, 0.15) is 0 Å². The van der Waals surface area contributed by atoms with Crippen LogP contribution in [-0.4, -0.2) is 11.0 Å². The molecule has 5 heteroatoms. The average Bonchev–Trinajstić information content (AvgIpc) is 3.00. The number of oxime groups is 1. The molecule has 0 aliphatic carbocycles. The van der Waals surface area contributed by atoms with Gasteiger partial charge in [0.05, 0.1) is 0 Å². The molecule has 2 aromatic carbocycles. The zero-order chi connectivity index (χ0) is 14.7. The predicted molar refractivity (Wildman–Crippen MR) is 88.1 cm³/mol. The number of fused-ring (bicyclic) bond motifs is 1. The SMILES string of the molecule is NC(=NO)c1ccc(CNc2ccc3sccc3c2)cc1. The van der Waals surface area contributed by atoms with Crippen LogP contribution < -0.4 is 11.1 Å². The third-order valence-electron chi connectivity index (χ3n) is 3.31. The lowest BCUT2D eigenvalue weighted by molar-refractivity contribution is 0.318. The minimum absolute atomic E-state index is 0.123. The molecule has 0 spiro atoms. The Morgan fingerprint density at radius 3 is 2.71 bits per heavy atom. The quantitative estimate of drug-likeness (QED) is 0.298. The number of anilines is 1. The maximum atomic E-state index is 8.63. The standard InChI is InChI=1S/C16H15N3OS/c17-16(19-20)12-3-1-11(2-4-12)10-18-14-5-6-15-13(9-14)7-8-21-15/h1-9,18,20H,10H2,(H2,17,19). The Balaban J connectivity index is 1.69. The van der Waals surface area contributed by atoms with Crippen LogP contribution in [0.1, 0.15) is 11.1 Å². The second-order valence-corrected chi connectivity index (χ2v) is 5.66. The van der Waals surface area contributed by atoms with E-state index in [9.17, 15) is 0 Å². The highest BCUT2D eigenvalue weighted by Gasteiger charge is 2.00. The highest BCUT2D eigenvalue weighted by Crippen LogP contribution is 2.24. The van der Waals surface area contributed by atoms with E-state index in [1.54, 1.807) is 11.3 Å². The molecule has 106 valence electrons. The highest BCUT2D eigenvalue weighted by atomic mass is 32.1. The Kier molecular flexibility index (Phi) is 3.75. The number of thiophene rings is 1. The smallest absolute Gasteiger partial charge is 0.170 e. The first-order valence-corrected chi connectivity index (χ1v) is 7.42. The summed E-state index contributed by atoms with van der Waals surface area (Å²) in [5.41, 5.74) is 8.48. The maximum absolute atomic E-state index is 8.63. The van der Waals surface area contributed by atoms with Crippen LogP contribution in [0.4, 0.5) is 5.69 Å². The molecule has 0 aliphatic rings. The second kappa shape index (κ2) is 5.85. The van der Waals surface area contributed by atoms with Gasteiger partial charge in [-0.2, -0.15) is 0 Å². The highest BCUT2D eigenvalue weighted by molar-refractivity contribution is 7.17. The van der Waals surface area contributed by atoms with Gasteiger partial charge < -0.3 is 16.3 Å². The summed E-state index contributed by atoms with van der Waals surface area (Å²) >= 11 is 1.75. The van der Waals surface area contributed by atoms with Crippen molar-refractivity contribution in [3.63, 3.8) is 0 Å².